The molecule has 0 saturated heterocycles. The minimum Gasteiger partial charge on any atom is -0.395 e. The van der Waals surface area contributed by atoms with Crippen molar-refractivity contribution in [1.29, 1.82) is 0 Å². The summed E-state index contributed by atoms with van der Waals surface area (Å²) in [5.41, 5.74) is 2.91. The zero-order chi connectivity index (χ0) is 15.9. The quantitative estimate of drug-likeness (QED) is 0.757. The van der Waals surface area contributed by atoms with Crippen LogP contribution in [0.25, 0.3) is 0 Å². The Morgan fingerprint density at radius 2 is 1.81 bits per heavy atom. The third-order valence-electron chi connectivity index (χ3n) is 3.62. The van der Waals surface area contributed by atoms with Crippen molar-refractivity contribution in [2.45, 2.75) is 57.7 Å². The van der Waals surface area contributed by atoms with Gasteiger partial charge >= 0.3 is 0 Å². The average Bonchev–Trinajstić information content (AvgIpc) is 2.46. The van der Waals surface area contributed by atoms with Crippen LogP contribution >= 0.6 is 11.8 Å². The van der Waals surface area contributed by atoms with Gasteiger partial charge in [-0.05, 0) is 29.5 Å². The van der Waals surface area contributed by atoms with Crippen LogP contribution in [-0.2, 0) is 5.41 Å². The molecule has 1 aromatic rings. The fraction of sp³-hybridized carbons (Fsp3) is 0.667. The van der Waals surface area contributed by atoms with Crippen molar-refractivity contribution in [2.75, 3.05) is 18.9 Å². The monoisotopic (exact) mass is 309 g/mol. The molecule has 0 aliphatic rings. The average molecular weight is 310 g/mol. The van der Waals surface area contributed by atoms with Gasteiger partial charge in [-0.1, -0.05) is 58.9 Å². The molecule has 2 N–H and O–H groups in total. The number of hydrogen-bond acceptors (Lipinski definition) is 3. The van der Waals surface area contributed by atoms with Gasteiger partial charge in [0.2, 0.25) is 0 Å². The summed E-state index contributed by atoms with van der Waals surface area (Å²) in [6.07, 6.45) is 1.14. The summed E-state index contributed by atoms with van der Waals surface area (Å²) >= 11 is 1.83. The van der Waals surface area contributed by atoms with E-state index in [0.717, 1.165) is 18.7 Å². The maximum atomic E-state index is 9.18. The highest BCUT2D eigenvalue weighted by molar-refractivity contribution is 7.99. The van der Waals surface area contributed by atoms with Crippen molar-refractivity contribution in [1.82, 2.24) is 5.32 Å². The molecule has 120 valence electrons. The maximum Gasteiger partial charge on any atom is 0.0547 e. The zero-order valence-electron chi connectivity index (χ0n) is 14.1. The van der Waals surface area contributed by atoms with E-state index in [2.05, 4.69) is 64.2 Å². The van der Waals surface area contributed by atoms with Gasteiger partial charge in [0, 0.05) is 17.0 Å². The van der Waals surface area contributed by atoms with Gasteiger partial charge in [-0.15, -0.1) is 0 Å². The summed E-state index contributed by atoms with van der Waals surface area (Å²) in [6, 6.07) is 9.35. The molecular formula is C18H31NOS. The smallest absolute Gasteiger partial charge is 0.0547 e. The molecular weight excluding hydrogens is 278 g/mol. The first-order valence-corrected chi connectivity index (χ1v) is 8.99. The van der Waals surface area contributed by atoms with Gasteiger partial charge in [-0.25, -0.2) is 0 Å². The molecule has 3 heteroatoms. The van der Waals surface area contributed by atoms with E-state index >= 15 is 0 Å². The van der Waals surface area contributed by atoms with E-state index in [9.17, 15) is 5.11 Å². The normalized spacial score (nSPS) is 15.0. The Kier molecular flexibility index (Phi) is 7.78. The molecule has 21 heavy (non-hydrogen) atoms. The van der Waals surface area contributed by atoms with E-state index in [1.54, 1.807) is 0 Å². The fourth-order valence-corrected chi connectivity index (χ4v) is 3.06. The van der Waals surface area contributed by atoms with Gasteiger partial charge in [0.15, 0.2) is 0 Å². The van der Waals surface area contributed by atoms with Crippen LogP contribution in [-0.4, -0.2) is 29.3 Å². The molecule has 0 saturated carbocycles. The largest absolute Gasteiger partial charge is 0.395 e. The van der Waals surface area contributed by atoms with Crippen molar-refractivity contribution in [3.63, 3.8) is 0 Å². The first-order chi connectivity index (χ1) is 9.88. The zero-order valence-corrected chi connectivity index (χ0v) is 15.0. The molecule has 2 nitrogen and oxygen atoms in total. The van der Waals surface area contributed by atoms with Gasteiger partial charge in [-0.2, -0.15) is 11.8 Å². The minimum atomic E-state index is 0.199. The van der Waals surface area contributed by atoms with Crippen molar-refractivity contribution in [3.8, 4) is 0 Å². The van der Waals surface area contributed by atoms with E-state index in [1.807, 2.05) is 11.8 Å². The Morgan fingerprint density at radius 1 is 1.19 bits per heavy atom. The van der Waals surface area contributed by atoms with Crippen LogP contribution in [0.4, 0.5) is 0 Å². The lowest BCUT2D eigenvalue weighted by molar-refractivity contribution is 0.300. The maximum absolute atomic E-state index is 9.18. The Balaban J connectivity index is 2.77. The van der Waals surface area contributed by atoms with Crippen LogP contribution in [0.1, 0.15) is 58.2 Å². The number of hydrogen-bond donors (Lipinski definition) is 2. The predicted molar refractivity (Wildman–Crippen MR) is 95.2 cm³/mol. The Bertz CT molecular complexity index is 397. The summed E-state index contributed by atoms with van der Waals surface area (Å²) in [5.74, 6) is 0.997. The van der Waals surface area contributed by atoms with Crippen LogP contribution in [0.2, 0.25) is 0 Å². The topological polar surface area (TPSA) is 32.3 Å². The summed E-state index contributed by atoms with van der Waals surface area (Å²) in [7, 11) is 0. The number of nitrogens with one attached hydrogen (secondary N) is 1. The molecule has 1 rings (SSSR count). The van der Waals surface area contributed by atoms with Crippen LogP contribution in [0.5, 0.6) is 0 Å². The Morgan fingerprint density at radius 3 is 2.29 bits per heavy atom. The predicted octanol–water partition coefficient (Wildman–Crippen LogP) is 4.14. The molecule has 2 unspecified atom stereocenters. The summed E-state index contributed by atoms with van der Waals surface area (Å²) in [6.45, 7) is 12.3. The van der Waals surface area contributed by atoms with Crippen LogP contribution in [0.3, 0.4) is 0 Å². The van der Waals surface area contributed by atoms with E-state index in [-0.39, 0.29) is 12.0 Å². The van der Waals surface area contributed by atoms with Gasteiger partial charge in [0.05, 0.1) is 6.61 Å². The summed E-state index contributed by atoms with van der Waals surface area (Å²) < 4.78 is 0. The Hall–Kier alpha value is -0.510. The molecule has 0 amide bonds. The van der Waals surface area contributed by atoms with Crippen LogP contribution < -0.4 is 5.32 Å². The summed E-state index contributed by atoms with van der Waals surface area (Å²) in [5, 5.41) is 13.1. The Labute approximate surface area is 134 Å². The van der Waals surface area contributed by atoms with Gasteiger partial charge in [0.25, 0.3) is 0 Å². The summed E-state index contributed by atoms with van der Waals surface area (Å²) in [4.78, 5) is 0. The number of aliphatic hydroxyl groups excluding tert-OH is 1. The first-order valence-electron chi connectivity index (χ1n) is 7.94. The van der Waals surface area contributed by atoms with Gasteiger partial charge in [0.1, 0.15) is 0 Å². The van der Waals surface area contributed by atoms with Gasteiger partial charge in [-0.3, -0.25) is 0 Å². The lowest BCUT2D eigenvalue weighted by Crippen LogP contribution is -2.25. The molecule has 0 spiro atoms. The highest BCUT2D eigenvalue weighted by atomic mass is 32.2. The molecule has 0 heterocycles. The fourth-order valence-electron chi connectivity index (χ4n) is 2.12. The number of benzene rings is 1. The highest BCUT2D eigenvalue weighted by Crippen LogP contribution is 2.26. The van der Waals surface area contributed by atoms with E-state index in [4.69, 9.17) is 0 Å². The van der Waals surface area contributed by atoms with Crippen molar-refractivity contribution in [2.24, 2.45) is 0 Å². The number of thioether (sulfide) groups is 1. The van der Waals surface area contributed by atoms with E-state index in [1.165, 1.54) is 11.1 Å². The van der Waals surface area contributed by atoms with Crippen LogP contribution in [0, 0.1) is 0 Å². The highest BCUT2D eigenvalue weighted by Gasteiger charge is 2.16. The van der Waals surface area contributed by atoms with Gasteiger partial charge < -0.3 is 10.4 Å². The third kappa shape index (κ3) is 6.41. The molecule has 0 aliphatic heterocycles. The molecule has 0 aromatic heterocycles. The molecule has 0 aliphatic carbocycles. The second-order valence-corrected chi connectivity index (χ2v) is 8.18. The third-order valence-corrected chi connectivity index (χ3v) is 4.87. The van der Waals surface area contributed by atoms with Crippen molar-refractivity contribution in [3.05, 3.63) is 35.4 Å². The second-order valence-electron chi connectivity index (χ2n) is 6.71. The van der Waals surface area contributed by atoms with Crippen LogP contribution in [0.15, 0.2) is 24.3 Å². The van der Waals surface area contributed by atoms with E-state index < -0.39 is 0 Å². The lowest BCUT2D eigenvalue weighted by atomic mass is 9.86. The molecule has 2 atom stereocenters. The number of rotatable bonds is 8. The van der Waals surface area contributed by atoms with Crippen molar-refractivity contribution < 1.29 is 5.11 Å². The molecule has 0 radical (unpaired) electrons. The molecule has 0 fully saturated rings. The first kappa shape index (κ1) is 18.5. The lowest BCUT2D eigenvalue weighted by Gasteiger charge is -2.23. The SMILES string of the molecule is CCCNC(CSC(C)CO)c1ccc(C(C)(C)C)cc1. The standard InChI is InChI=1S/C18H31NOS/c1-6-11-19-17(13-21-14(2)12-20)15-7-9-16(10-8-15)18(3,4)5/h7-10,14,17,19-20H,6,11-13H2,1-5H3. The minimum absolute atomic E-state index is 0.199. The second kappa shape index (κ2) is 8.82. The van der Waals surface area contributed by atoms with Crippen molar-refractivity contribution >= 4 is 11.8 Å². The molecule has 0 bridgehead atoms. The number of aliphatic hydroxyl groups is 1. The van der Waals surface area contributed by atoms with E-state index in [0.29, 0.717) is 11.3 Å². The molecule has 1 aromatic carbocycles.